The molecule has 5 nitrogen and oxygen atoms in total. The zero-order valence-electron chi connectivity index (χ0n) is 20.4. The molecule has 0 aromatic rings. The lowest BCUT2D eigenvalue weighted by Gasteiger charge is -2.07. The Hall–Kier alpha value is -0.640. The van der Waals surface area contributed by atoms with Crippen LogP contribution in [-0.4, -0.2) is 30.6 Å². The molecule has 0 bridgehead atoms. The number of unbranched alkanes of at least 4 members (excludes halogenated alkanes) is 14. The number of carbonyl (C=O) groups is 1. The predicted molar refractivity (Wildman–Crippen MR) is 133 cm³/mol. The Morgan fingerprint density at radius 2 is 1.32 bits per heavy atom. The highest BCUT2D eigenvalue weighted by Crippen LogP contribution is 2.36. The largest absolute Gasteiger partial charge is 0.356 e. The maximum absolute atomic E-state index is 11.8. The van der Waals surface area contributed by atoms with E-state index in [-0.39, 0.29) is 5.91 Å². The highest BCUT2D eigenvalue weighted by atomic mass is 31.2. The maximum atomic E-state index is 11.8. The number of hydrogen-bond acceptors (Lipinski definition) is 3. The number of nitrogens with one attached hydrogen (secondary N) is 1. The molecule has 0 spiro atoms. The normalized spacial score (nSPS) is 13.5. The average Bonchev–Trinajstić information content (AvgIpc) is 2.72. The molecule has 184 valence electrons. The highest BCUT2D eigenvalue weighted by molar-refractivity contribution is 7.51. The van der Waals surface area contributed by atoms with E-state index in [1.165, 1.54) is 77.3 Å². The number of carbonyl (C=O) groups excluding carboxylic acids is 1. The van der Waals surface area contributed by atoms with Crippen molar-refractivity contribution >= 4 is 13.5 Å². The van der Waals surface area contributed by atoms with Crippen LogP contribution in [0, 0.1) is 0 Å². The van der Waals surface area contributed by atoms with Crippen LogP contribution in [0.15, 0.2) is 12.2 Å². The van der Waals surface area contributed by atoms with Gasteiger partial charge in [0.25, 0.3) is 0 Å². The third-order valence-electron chi connectivity index (χ3n) is 5.39. The predicted octanol–water partition coefficient (Wildman–Crippen LogP) is 7.53. The van der Waals surface area contributed by atoms with Crippen molar-refractivity contribution in [2.75, 3.05) is 19.8 Å². The van der Waals surface area contributed by atoms with Gasteiger partial charge in [0, 0.05) is 19.6 Å². The molecule has 0 fully saturated rings. The van der Waals surface area contributed by atoms with Gasteiger partial charge in [-0.05, 0) is 44.9 Å². The van der Waals surface area contributed by atoms with Crippen molar-refractivity contribution < 1.29 is 18.8 Å². The molecule has 0 aromatic carbocycles. The van der Waals surface area contributed by atoms with Crippen molar-refractivity contribution in [1.82, 2.24) is 5.32 Å². The van der Waals surface area contributed by atoms with Gasteiger partial charge in [-0.25, -0.2) is 0 Å². The number of amides is 1. The molecule has 0 aliphatic carbocycles. The summed E-state index contributed by atoms with van der Waals surface area (Å²) in [5, 5.41) is 2.98. The summed E-state index contributed by atoms with van der Waals surface area (Å²) in [5.74, 6) is 0.160. The van der Waals surface area contributed by atoms with Crippen molar-refractivity contribution in [3.05, 3.63) is 12.2 Å². The summed E-state index contributed by atoms with van der Waals surface area (Å²) in [6, 6.07) is 0. The van der Waals surface area contributed by atoms with Gasteiger partial charge in [-0.3, -0.25) is 9.36 Å². The van der Waals surface area contributed by atoms with E-state index in [4.69, 9.17) is 9.42 Å². The second-order valence-corrected chi connectivity index (χ2v) is 10.6. The monoisotopic (exact) mass is 459 g/mol. The molecule has 1 amide bonds. The zero-order valence-corrected chi connectivity index (χ0v) is 21.3. The van der Waals surface area contributed by atoms with Gasteiger partial charge >= 0.3 is 7.60 Å². The van der Waals surface area contributed by atoms with Gasteiger partial charge in [-0.1, -0.05) is 83.3 Å². The van der Waals surface area contributed by atoms with Crippen molar-refractivity contribution in [2.24, 2.45) is 0 Å². The van der Waals surface area contributed by atoms with Crippen molar-refractivity contribution in [1.29, 1.82) is 0 Å². The number of hydrogen-bond donors (Lipinski definition) is 2. The first-order valence-corrected chi connectivity index (χ1v) is 14.8. The second kappa shape index (κ2) is 22.6. The summed E-state index contributed by atoms with van der Waals surface area (Å²) in [7, 11) is -3.33. The molecule has 0 aliphatic heterocycles. The average molecular weight is 460 g/mol. The van der Waals surface area contributed by atoms with Crippen molar-refractivity contribution in [3.8, 4) is 0 Å². The fourth-order valence-electron chi connectivity index (χ4n) is 3.49. The molecule has 0 heterocycles. The first-order chi connectivity index (χ1) is 15.0. The Balaban J connectivity index is 3.25. The smallest absolute Gasteiger partial charge is 0.325 e. The second-order valence-electron chi connectivity index (χ2n) is 8.73. The minimum atomic E-state index is -3.33. The van der Waals surface area contributed by atoms with E-state index in [1.54, 1.807) is 0 Å². The van der Waals surface area contributed by atoms with Crippen LogP contribution in [0.1, 0.15) is 122 Å². The van der Waals surface area contributed by atoms with Gasteiger partial charge in [0.15, 0.2) is 0 Å². The number of rotatable bonds is 23. The Morgan fingerprint density at radius 3 is 1.94 bits per heavy atom. The van der Waals surface area contributed by atoms with E-state index in [0.717, 1.165) is 45.1 Å². The molecule has 0 radical (unpaired) electrons. The molecule has 0 saturated carbocycles. The molecule has 1 atom stereocenters. The summed E-state index contributed by atoms with van der Waals surface area (Å²) in [6.45, 7) is 4.51. The molecule has 2 N–H and O–H groups in total. The Kier molecular flexibility index (Phi) is 22.1. The minimum absolute atomic E-state index is 0.160. The lowest BCUT2D eigenvalue weighted by atomic mass is 10.1. The van der Waals surface area contributed by atoms with E-state index in [0.29, 0.717) is 13.0 Å². The van der Waals surface area contributed by atoms with Crippen molar-refractivity contribution in [3.63, 3.8) is 0 Å². The standard InChI is InChI=1S/C25H50NO4P/c1-3-4-5-6-7-8-9-10-11-12-13-14-15-16-19-22-25(27)26-23-20-17-18-21-24-30-31(2,28)29/h10-11H,3-9,12-24H2,1-2H3,(H,26,27)(H,28,29)/b11-10-. The maximum Gasteiger partial charge on any atom is 0.325 e. The van der Waals surface area contributed by atoms with Crippen LogP contribution in [0.25, 0.3) is 0 Å². The fraction of sp³-hybridized carbons (Fsp3) is 0.880. The topological polar surface area (TPSA) is 75.6 Å². The summed E-state index contributed by atoms with van der Waals surface area (Å²) in [6.07, 6.45) is 25.5. The van der Waals surface area contributed by atoms with E-state index >= 15 is 0 Å². The van der Waals surface area contributed by atoms with Gasteiger partial charge in [0.2, 0.25) is 5.91 Å². The van der Waals surface area contributed by atoms with Gasteiger partial charge in [0.05, 0.1) is 6.61 Å². The zero-order chi connectivity index (χ0) is 23.0. The van der Waals surface area contributed by atoms with Crippen LogP contribution in [0.2, 0.25) is 0 Å². The van der Waals surface area contributed by atoms with Crippen molar-refractivity contribution in [2.45, 2.75) is 122 Å². The van der Waals surface area contributed by atoms with E-state index in [9.17, 15) is 9.36 Å². The number of allylic oxidation sites excluding steroid dienone is 2. The van der Waals surface area contributed by atoms with E-state index in [2.05, 4.69) is 24.4 Å². The lowest BCUT2D eigenvalue weighted by Crippen LogP contribution is -2.23. The summed E-state index contributed by atoms with van der Waals surface area (Å²) in [5.41, 5.74) is 0. The molecule has 0 aliphatic rings. The van der Waals surface area contributed by atoms with Gasteiger partial charge in [-0.15, -0.1) is 0 Å². The van der Waals surface area contributed by atoms with E-state index in [1.807, 2.05) is 0 Å². The summed E-state index contributed by atoms with van der Waals surface area (Å²) < 4.78 is 15.8. The highest BCUT2D eigenvalue weighted by Gasteiger charge is 2.08. The third kappa shape index (κ3) is 27.3. The Bertz CT molecular complexity index is 476. The lowest BCUT2D eigenvalue weighted by molar-refractivity contribution is -0.121. The SMILES string of the molecule is CCCCCCCC/C=C\CCCCCCCC(=O)NCCCCCCOP(C)(=O)O. The van der Waals surface area contributed by atoms with Crippen LogP contribution < -0.4 is 5.32 Å². The Morgan fingerprint density at radius 1 is 0.806 bits per heavy atom. The Labute approximate surface area is 192 Å². The molecule has 1 unspecified atom stereocenters. The van der Waals surface area contributed by atoms with E-state index < -0.39 is 7.60 Å². The minimum Gasteiger partial charge on any atom is -0.356 e. The van der Waals surface area contributed by atoms with Crippen LogP contribution in [0.4, 0.5) is 0 Å². The van der Waals surface area contributed by atoms with Gasteiger partial charge in [-0.2, -0.15) is 0 Å². The van der Waals surface area contributed by atoms with Crippen LogP contribution in [0.5, 0.6) is 0 Å². The summed E-state index contributed by atoms with van der Waals surface area (Å²) >= 11 is 0. The quantitative estimate of drug-likeness (QED) is 0.0940. The molecule has 0 aromatic heterocycles. The molecular formula is C25H50NO4P. The molecule has 0 saturated heterocycles. The van der Waals surface area contributed by atoms with Crippen LogP contribution in [-0.2, 0) is 13.9 Å². The molecule has 31 heavy (non-hydrogen) atoms. The molecule has 0 rings (SSSR count). The molecular weight excluding hydrogens is 409 g/mol. The molecule has 6 heteroatoms. The van der Waals surface area contributed by atoms with Crippen LogP contribution >= 0.6 is 7.60 Å². The summed E-state index contributed by atoms with van der Waals surface area (Å²) in [4.78, 5) is 20.8. The first kappa shape index (κ1) is 30.4. The first-order valence-electron chi connectivity index (χ1n) is 12.8. The van der Waals surface area contributed by atoms with Crippen LogP contribution in [0.3, 0.4) is 0 Å². The van der Waals surface area contributed by atoms with Gasteiger partial charge < -0.3 is 14.7 Å². The fourth-order valence-corrected chi connectivity index (χ4v) is 3.95. The third-order valence-corrected chi connectivity index (χ3v) is 6.05. The van der Waals surface area contributed by atoms with Gasteiger partial charge in [0.1, 0.15) is 0 Å².